The average Bonchev–Trinajstić information content (AvgIpc) is 2.45. The predicted molar refractivity (Wildman–Crippen MR) is 92.2 cm³/mol. The first-order chi connectivity index (χ1) is 9.18. The zero-order valence-corrected chi connectivity index (χ0v) is 14.3. The Morgan fingerprint density at radius 2 is 1.68 bits per heavy atom. The highest BCUT2D eigenvalue weighted by Crippen LogP contribution is 2.22. The first-order valence-corrected chi connectivity index (χ1v) is 8.43. The number of halogens is 1. The van der Waals surface area contributed by atoms with Crippen LogP contribution in [-0.4, -0.2) is 28.2 Å². The van der Waals surface area contributed by atoms with E-state index < -0.39 is 0 Å². The molecule has 104 valence electrons. The molecule has 1 rings (SSSR count). The summed E-state index contributed by atoms with van der Waals surface area (Å²) in [6, 6.07) is 10.7. The number of quaternary nitrogens is 1. The fourth-order valence-electron chi connectivity index (χ4n) is 2.72. The minimum absolute atomic E-state index is 0.279. The lowest BCUT2D eigenvalue weighted by atomic mass is 10.1. The first-order valence-electron chi connectivity index (χ1n) is 7.18. The quantitative estimate of drug-likeness (QED) is 0.211. The van der Waals surface area contributed by atoms with Gasteiger partial charge in [0.1, 0.15) is 0 Å². The van der Waals surface area contributed by atoms with Crippen LogP contribution >= 0.6 is 22.6 Å². The summed E-state index contributed by atoms with van der Waals surface area (Å²) in [7, 11) is 0. The van der Waals surface area contributed by atoms with E-state index in [1.807, 2.05) is 0 Å². The molecule has 0 N–H and O–H groups in total. The van der Waals surface area contributed by atoms with E-state index in [4.69, 9.17) is 6.42 Å². The second-order valence-electron chi connectivity index (χ2n) is 5.13. The van der Waals surface area contributed by atoms with Gasteiger partial charge in [-0.2, -0.15) is 0 Å². The number of benzene rings is 1. The molecule has 19 heavy (non-hydrogen) atoms. The highest BCUT2D eigenvalue weighted by Gasteiger charge is 2.32. The maximum Gasteiger partial charge on any atom is 0.200 e. The molecule has 0 fully saturated rings. The first kappa shape index (κ1) is 16.5. The van der Waals surface area contributed by atoms with E-state index in [1.54, 1.807) is 0 Å². The molecule has 1 aromatic carbocycles. The molecule has 0 aliphatic heterocycles. The molecule has 0 amide bonds. The van der Waals surface area contributed by atoms with E-state index in [0.717, 1.165) is 17.4 Å². The van der Waals surface area contributed by atoms with Crippen LogP contribution in [-0.2, 0) is 6.42 Å². The lowest BCUT2D eigenvalue weighted by Gasteiger charge is -2.40. The Hall–Kier alpha value is -0.530. The third-order valence-electron chi connectivity index (χ3n) is 3.64. The number of hydrogen-bond donors (Lipinski definition) is 0. The molecular formula is C17H25IN+. The van der Waals surface area contributed by atoms with Gasteiger partial charge in [-0.15, -0.1) is 6.42 Å². The average molecular weight is 370 g/mol. The lowest BCUT2D eigenvalue weighted by molar-refractivity contribution is -0.927. The Kier molecular flexibility index (Phi) is 7.48. The molecule has 0 aliphatic carbocycles. The van der Waals surface area contributed by atoms with Crippen molar-refractivity contribution in [1.82, 2.24) is 0 Å². The van der Waals surface area contributed by atoms with E-state index in [2.05, 4.69) is 72.7 Å². The fraction of sp³-hybridized carbons (Fsp3) is 0.529. The topological polar surface area (TPSA) is 0 Å². The molecule has 1 unspecified atom stereocenters. The van der Waals surface area contributed by atoms with E-state index >= 15 is 0 Å². The fourth-order valence-corrected chi connectivity index (χ4v) is 3.56. The van der Waals surface area contributed by atoms with Crippen LogP contribution in [0.5, 0.6) is 0 Å². The van der Waals surface area contributed by atoms with Gasteiger partial charge in [0.2, 0.25) is 4.05 Å². The van der Waals surface area contributed by atoms with Gasteiger partial charge in [-0.1, -0.05) is 44.2 Å². The van der Waals surface area contributed by atoms with Crippen LogP contribution in [0.25, 0.3) is 0 Å². The van der Waals surface area contributed by atoms with Gasteiger partial charge in [0.25, 0.3) is 0 Å². The van der Waals surface area contributed by atoms with Crippen molar-refractivity contribution in [2.24, 2.45) is 0 Å². The van der Waals surface area contributed by atoms with Gasteiger partial charge < -0.3 is 4.48 Å². The van der Waals surface area contributed by atoms with Gasteiger partial charge in [-0.05, 0) is 24.3 Å². The van der Waals surface area contributed by atoms with Gasteiger partial charge in [0.15, 0.2) is 0 Å². The molecule has 0 aromatic heterocycles. The molecule has 0 radical (unpaired) electrons. The third kappa shape index (κ3) is 4.81. The number of alkyl halides is 1. The molecule has 1 nitrogen and oxygen atoms in total. The summed E-state index contributed by atoms with van der Waals surface area (Å²) in [6.07, 6.45) is 9.21. The van der Waals surface area contributed by atoms with Crippen LogP contribution in [0.15, 0.2) is 30.3 Å². The zero-order chi connectivity index (χ0) is 14.1. The van der Waals surface area contributed by atoms with Gasteiger partial charge in [0, 0.05) is 29.0 Å². The Bertz CT molecular complexity index is 387. The zero-order valence-electron chi connectivity index (χ0n) is 12.1. The Labute approximate surface area is 132 Å². The minimum Gasteiger partial charge on any atom is -0.303 e. The Balaban J connectivity index is 2.80. The predicted octanol–water partition coefficient (Wildman–Crippen LogP) is 4.26. The van der Waals surface area contributed by atoms with Crippen LogP contribution in [0.3, 0.4) is 0 Å². The van der Waals surface area contributed by atoms with Gasteiger partial charge in [-0.25, -0.2) is 0 Å². The van der Waals surface area contributed by atoms with Crippen molar-refractivity contribution >= 4 is 22.6 Å². The molecular weight excluding hydrogens is 345 g/mol. The normalized spacial score (nSPS) is 12.9. The molecule has 1 aromatic rings. The van der Waals surface area contributed by atoms with Crippen molar-refractivity contribution in [3.63, 3.8) is 0 Å². The Morgan fingerprint density at radius 1 is 1.11 bits per heavy atom. The van der Waals surface area contributed by atoms with Crippen molar-refractivity contribution in [2.45, 2.75) is 37.2 Å². The number of rotatable bonds is 8. The number of terminal acetylenes is 1. The maximum absolute atomic E-state index is 5.71. The summed E-state index contributed by atoms with van der Waals surface area (Å²) in [5.41, 5.74) is 1.41. The molecule has 2 heteroatoms. The van der Waals surface area contributed by atoms with Crippen molar-refractivity contribution in [3.05, 3.63) is 35.9 Å². The van der Waals surface area contributed by atoms with E-state index in [1.165, 1.54) is 31.5 Å². The summed E-state index contributed by atoms with van der Waals surface area (Å²) in [4.78, 5) is 0. The second kappa shape index (κ2) is 8.60. The summed E-state index contributed by atoms with van der Waals surface area (Å²) >= 11 is 2.45. The third-order valence-corrected chi connectivity index (χ3v) is 5.19. The van der Waals surface area contributed by atoms with Crippen molar-refractivity contribution in [2.75, 3.05) is 19.6 Å². The lowest BCUT2D eigenvalue weighted by Crippen LogP contribution is -2.54. The van der Waals surface area contributed by atoms with Crippen LogP contribution < -0.4 is 0 Å². The highest BCUT2D eigenvalue weighted by molar-refractivity contribution is 14.1. The summed E-state index contributed by atoms with van der Waals surface area (Å²) < 4.78 is 1.33. The molecule has 0 spiro atoms. The largest absolute Gasteiger partial charge is 0.303 e. The number of nitrogens with zero attached hydrogens (tertiary/aromatic N) is 1. The van der Waals surface area contributed by atoms with Crippen LogP contribution in [0.4, 0.5) is 0 Å². The van der Waals surface area contributed by atoms with Crippen LogP contribution in [0, 0.1) is 12.3 Å². The Morgan fingerprint density at radius 3 is 2.16 bits per heavy atom. The molecule has 0 heterocycles. The van der Waals surface area contributed by atoms with Crippen molar-refractivity contribution < 1.29 is 4.48 Å². The van der Waals surface area contributed by atoms with Crippen molar-refractivity contribution in [1.29, 1.82) is 0 Å². The summed E-state index contributed by atoms with van der Waals surface area (Å²) in [5, 5.41) is 0. The molecule has 0 saturated heterocycles. The SMILES string of the molecule is C#CC(I)[N+](CCC)(CCC)CCc1ccccc1. The minimum atomic E-state index is 0.279. The summed E-state index contributed by atoms with van der Waals surface area (Å²) in [6.45, 7) is 8.01. The molecule has 0 aliphatic rings. The van der Waals surface area contributed by atoms with Crippen LogP contribution in [0.1, 0.15) is 32.3 Å². The van der Waals surface area contributed by atoms with E-state index in [0.29, 0.717) is 0 Å². The highest BCUT2D eigenvalue weighted by atomic mass is 127. The molecule has 0 saturated carbocycles. The van der Waals surface area contributed by atoms with Gasteiger partial charge in [0.05, 0.1) is 19.6 Å². The van der Waals surface area contributed by atoms with Gasteiger partial charge in [-0.3, -0.25) is 0 Å². The maximum atomic E-state index is 5.71. The van der Waals surface area contributed by atoms with E-state index in [-0.39, 0.29) is 4.05 Å². The smallest absolute Gasteiger partial charge is 0.200 e. The van der Waals surface area contributed by atoms with Crippen molar-refractivity contribution in [3.8, 4) is 12.3 Å². The van der Waals surface area contributed by atoms with E-state index in [9.17, 15) is 0 Å². The standard InChI is InChI=1S/C17H25IN/c1-4-13-19(14-5-2,17(18)6-3)15-12-16-10-8-7-9-11-16/h3,7-11,17H,4-5,12-15H2,1-2H3/q+1. The number of hydrogen-bond acceptors (Lipinski definition) is 0. The van der Waals surface area contributed by atoms with Crippen LogP contribution in [0.2, 0.25) is 0 Å². The monoisotopic (exact) mass is 370 g/mol. The summed E-state index contributed by atoms with van der Waals surface area (Å²) in [5.74, 6) is 2.97. The molecule has 1 atom stereocenters. The second-order valence-corrected chi connectivity index (χ2v) is 6.31. The van der Waals surface area contributed by atoms with Gasteiger partial charge >= 0.3 is 0 Å². The molecule has 0 bridgehead atoms.